The molecule has 0 aliphatic heterocycles. The molecule has 0 aliphatic rings. The van der Waals surface area contributed by atoms with Crippen LogP contribution in [0.15, 0.2) is 24.3 Å². The molecule has 2 rings (SSSR count). The Balaban J connectivity index is 2.25. The number of esters is 1. The molecule has 0 saturated heterocycles. The minimum absolute atomic E-state index is 0.418. The molecule has 5 nitrogen and oxygen atoms in total. The summed E-state index contributed by atoms with van der Waals surface area (Å²) in [5.41, 5.74) is 1.95. The molecular formula is C14H16N2O3. The number of ether oxygens (including phenoxy) is 2. The van der Waals surface area contributed by atoms with Crippen molar-refractivity contribution in [1.29, 1.82) is 0 Å². The number of aryl methyl sites for hydroxylation is 2. The van der Waals surface area contributed by atoms with Crippen molar-refractivity contribution in [1.82, 2.24) is 9.78 Å². The van der Waals surface area contributed by atoms with E-state index in [9.17, 15) is 4.79 Å². The van der Waals surface area contributed by atoms with E-state index in [1.54, 1.807) is 43.0 Å². The van der Waals surface area contributed by atoms with Gasteiger partial charge in [0.05, 0.1) is 18.4 Å². The molecule has 5 heteroatoms. The van der Waals surface area contributed by atoms with Crippen LogP contribution < -0.4 is 9.47 Å². The van der Waals surface area contributed by atoms with Gasteiger partial charge in [0.2, 0.25) is 0 Å². The van der Waals surface area contributed by atoms with Crippen molar-refractivity contribution < 1.29 is 14.3 Å². The summed E-state index contributed by atoms with van der Waals surface area (Å²) in [6, 6.07) is 6.85. The second-order valence-electron chi connectivity index (χ2n) is 4.25. The number of aromatic nitrogens is 2. The summed E-state index contributed by atoms with van der Waals surface area (Å²) >= 11 is 0. The number of carbonyl (C=O) groups is 1. The van der Waals surface area contributed by atoms with Crippen LogP contribution in [0, 0.1) is 13.8 Å². The Morgan fingerprint density at radius 2 is 2.05 bits per heavy atom. The zero-order chi connectivity index (χ0) is 14.0. The molecule has 0 aliphatic carbocycles. The molecule has 0 spiro atoms. The predicted molar refractivity (Wildman–Crippen MR) is 70.6 cm³/mol. The first-order valence-corrected chi connectivity index (χ1v) is 5.89. The summed E-state index contributed by atoms with van der Waals surface area (Å²) in [6.45, 7) is 3.66. The summed E-state index contributed by atoms with van der Waals surface area (Å²) in [5.74, 6) is 0.711. The molecule has 19 heavy (non-hydrogen) atoms. The lowest BCUT2D eigenvalue weighted by Crippen LogP contribution is -2.09. The lowest BCUT2D eigenvalue weighted by atomic mass is 10.2. The molecular weight excluding hydrogens is 244 g/mol. The monoisotopic (exact) mass is 260 g/mol. The molecule has 1 aromatic heterocycles. The number of nitrogens with zero attached hydrogens (tertiary/aromatic N) is 2. The lowest BCUT2D eigenvalue weighted by molar-refractivity contribution is 0.0731. The molecule has 0 bridgehead atoms. The summed E-state index contributed by atoms with van der Waals surface area (Å²) in [4.78, 5) is 12.1. The molecule has 0 radical (unpaired) electrons. The van der Waals surface area contributed by atoms with E-state index in [1.807, 2.05) is 14.0 Å². The van der Waals surface area contributed by atoms with Gasteiger partial charge >= 0.3 is 5.97 Å². The molecule has 0 N–H and O–H groups in total. The summed E-state index contributed by atoms with van der Waals surface area (Å²) in [6.07, 6.45) is 0. The van der Waals surface area contributed by atoms with Gasteiger partial charge in [0.1, 0.15) is 11.4 Å². The van der Waals surface area contributed by atoms with Crippen molar-refractivity contribution >= 4 is 5.97 Å². The predicted octanol–water partition coefficient (Wildman–Crippen LogP) is 2.26. The second kappa shape index (κ2) is 5.14. The van der Waals surface area contributed by atoms with Crippen molar-refractivity contribution in [2.75, 3.05) is 7.11 Å². The average Bonchev–Trinajstić information content (AvgIpc) is 2.65. The fraction of sp³-hybridized carbons (Fsp3) is 0.286. The first kappa shape index (κ1) is 13.1. The van der Waals surface area contributed by atoms with Crippen LogP contribution >= 0.6 is 0 Å². The third-order valence-electron chi connectivity index (χ3n) is 2.94. The Bertz CT molecular complexity index is 617. The van der Waals surface area contributed by atoms with Crippen LogP contribution in [-0.4, -0.2) is 22.9 Å². The van der Waals surface area contributed by atoms with Gasteiger partial charge in [-0.1, -0.05) is 6.07 Å². The van der Waals surface area contributed by atoms with Gasteiger partial charge in [-0.15, -0.1) is 0 Å². The lowest BCUT2D eigenvalue weighted by Gasteiger charge is -2.06. The molecule has 0 amide bonds. The Morgan fingerprint density at radius 1 is 1.32 bits per heavy atom. The number of methoxy groups -OCH3 is 1. The first-order valence-electron chi connectivity index (χ1n) is 5.89. The topological polar surface area (TPSA) is 53.4 Å². The van der Waals surface area contributed by atoms with Gasteiger partial charge in [0, 0.05) is 7.05 Å². The van der Waals surface area contributed by atoms with Gasteiger partial charge in [0.15, 0.2) is 5.75 Å². The Hall–Kier alpha value is -2.30. The number of carbonyl (C=O) groups excluding carboxylic acids is 1. The Labute approximate surface area is 111 Å². The standard InChI is InChI=1S/C14H16N2O3/c1-9-13(10(2)16(3)15-9)19-14(17)11-6-5-7-12(8-11)18-4/h5-8H,1-4H3. The van der Waals surface area contributed by atoms with E-state index in [4.69, 9.17) is 9.47 Å². The van der Waals surface area contributed by atoms with E-state index in [0.717, 1.165) is 5.69 Å². The zero-order valence-corrected chi connectivity index (χ0v) is 11.4. The van der Waals surface area contributed by atoms with Crippen LogP contribution in [0.4, 0.5) is 0 Å². The van der Waals surface area contributed by atoms with Gasteiger partial charge in [-0.05, 0) is 32.0 Å². The van der Waals surface area contributed by atoms with E-state index in [0.29, 0.717) is 22.8 Å². The Kier molecular flexibility index (Phi) is 3.55. The van der Waals surface area contributed by atoms with Gasteiger partial charge in [0.25, 0.3) is 0 Å². The van der Waals surface area contributed by atoms with Crippen LogP contribution in [0.5, 0.6) is 11.5 Å². The van der Waals surface area contributed by atoms with E-state index in [1.165, 1.54) is 0 Å². The number of hydrogen-bond acceptors (Lipinski definition) is 4. The van der Waals surface area contributed by atoms with Crippen molar-refractivity contribution in [3.63, 3.8) is 0 Å². The van der Waals surface area contributed by atoms with Crippen molar-refractivity contribution in [3.05, 3.63) is 41.2 Å². The third-order valence-corrected chi connectivity index (χ3v) is 2.94. The van der Waals surface area contributed by atoms with Gasteiger partial charge < -0.3 is 9.47 Å². The molecule has 100 valence electrons. The largest absolute Gasteiger partial charge is 0.497 e. The van der Waals surface area contributed by atoms with Crippen LogP contribution in [0.3, 0.4) is 0 Å². The number of benzene rings is 1. The third kappa shape index (κ3) is 2.59. The number of rotatable bonds is 3. The fourth-order valence-electron chi connectivity index (χ4n) is 1.80. The van der Waals surface area contributed by atoms with Gasteiger partial charge in [-0.25, -0.2) is 4.79 Å². The number of hydrogen-bond donors (Lipinski definition) is 0. The minimum Gasteiger partial charge on any atom is -0.497 e. The maximum absolute atomic E-state index is 12.1. The van der Waals surface area contributed by atoms with E-state index >= 15 is 0 Å². The quantitative estimate of drug-likeness (QED) is 0.794. The SMILES string of the molecule is COc1cccc(C(=O)Oc2c(C)nn(C)c2C)c1. The molecule has 0 unspecified atom stereocenters. The van der Waals surface area contributed by atoms with E-state index in [-0.39, 0.29) is 0 Å². The van der Waals surface area contributed by atoms with Crippen molar-refractivity contribution in [2.24, 2.45) is 7.05 Å². The highest BCUT2D eigenvalue weighted by atomic mass is 16.5. The highest BCUT2D eigenvalue weighted by Crippen LogP contribution is 2.23. The Morgan fingerprint density at radius 3 is 2.63 bits per heavy atom. The molecule has 0 fully saturated rings. The van der Waals surface area contributed by atoms with Crippen molar-refractivity contribution in [3.8, 4) is 11.5 Å². The highest BCUT2D eigenvalue weighted by molar-refractivity contribution is 5.91. The molecule has 0 atom stereocenters. The second-order valence-corrected chi connectivity index (χ2v) is 4.25. The average molecular weight is 260 g/mol. The minimum atomic E-state index is -0.418. The highest BCUT2D eigenvalue weighted by Gasteiger charge is 2.16. The summed E-state index contributed by atoms with van der Waals surface area (Å²) < 4.78 is 12.2. The van der Waals surface area contributed by atoms with Crippen LogP contribution in [0.1, 0.15) is 21.7 Å². The van der Waals surface area contributed by atoms with Crippen LogP contribution in [0.2, 0.25) is 0 Å². The first-order chi connectivity index (χ1) is 9.02. The fourth-order valence-corrected chi connectivity index (χ4v) is 1.80. The molecule has 1 aromatic carbocycles. The summed E-state index contributed by atoms with van der Waals surface area (Å²) in [7, 11) is 3.37. The smallest absolute Gasteiger partial charge is 0.343 e. The van der Waals surface area contributed by atoms with E-state index < -0.39 is 5.97 Å². The molecule has 1 heterocycles. The van der Waals surface area contributed by atoms with Crippen LogP contribution in [-0.2, 0) is 7.05 Å². The van der Waals surface area contributed by atoms with Gasteiger partial charge in [-0.3, -0.25) is 4.68 Å². The maximum Gasteiger partial charge on any atom is 0.343 e. The van der Waals surface area contributed by atoms with Crippen molar-refractivity contribution in [2.45, 2.75) is 13.8 Å². The normalized spacial score (nSPS) is 10.3. The zero-order valence-electron chi connectivity index (χ0n) is 11.4. The van der Waals surface area contributed by atoms with Crippen LogP contribution in [0.25, 0.3) is 0 Å². The molecule has 0 saturated carbocycles. The molecule has 2 aromatic rings. The van der Waals surface area contributed by atoms with E-state index in [2.05, 4.69) is 5.10 Å². The maximum atomic E-state index is 12.1. The summed E-state index contributed by atoms with van der Waals surface area (Å²) in [5, 5.41) is 4.21. The van der Waals surface area contributed by atoms with Gasteiger partial charge in [-0.2, -0.15) is 5.10 Å².